The van der Waals surface area contributed by atoms with Crippen molar-refractivity contribution in [3.63, 3.8) is 0 Å². The Balaban J connectivity index is 5.15. The highest BCUT2D eigenvalue weighted by molar-refractivity contribution is 5.90. The van der Waals surface area contributed by atoms with E-state index < -0.39 is 29.2 Å². The molecule has 0 aromatic rings. The Morgan fingerprint density at radius 2 is 1.50 bits per heavy atom. The molecule has 0 aromatic heterocycles. The van der Waals surface area contributed by atoms with E-state index in [1.165, 1.54) is 5.32 Å². The second-order valence-electron chi connectivity index (χ2n) is 3.94. The van der Waals surface area contributed by atoms with Gasteiger partial charge in [0.25, 0.3) is 0 Å². The van der Waals surface area contributed by atoms with Crippen LogP contribution in [0.25, 0.3) is 0 Å². The molecule has 94 valence electrons. The van der Waals surface area contributed by atoms with E-state index in [4.69, 9.17) is 5.11 Å². The average molecular weight is 243 g/mol. The van der Waals surface area contributed by atoms with Gasteiger partial charge in [0.15, 0.2) is 5.54 Å². The van der Waals surface area contributed by atoms with Crippen LogP contribution in [-0.2, 0) is 9.59 Å². The maximum Gasteiger partial charge on any atom is 0.471 e. The molecule has 0 aliphatic heterocycles. The van der Waals surface area contributed by atoms with Gasteiger partial charge in [-0.05, 0) is 20.8 Å². The predicted molar refractivity (Wildman–Crippen MR) is 46.5 cm³/mol. The van der Waals surface area contributed by atoms with Crippen molar-refractivity contribution in [2.45, 2.75) is 38.1 Å². The molecular formula is C8H12F3NO4. The number of hydrogen-bond acceptors (Lipinski definition) is 3. The zero-order valence-electron chi connectivity index (χ0n) is 8.84. The molecule has 5 nitrogen and oxygen atoms in total. The molecule has 1 atom stereocenters. The lowest BCUT2D eigenvalue weighted by Crippen LogP contribution is -2.66. The number of carboxylic acids is 1. The van der Waals surface area contributed by atoms with Gasteiger partial charge in [-0.1, -0.05) is 0 Å². The number of nitrogens with one attached hydrogen (secondary N) is 1. The van der Waals surface area contributed by atoms with Crippen LogP contribution < -0.4 is 5.32 Å². The van der Waals surface area contributed by atoms with Gasteiger partial charge in [0.2, 0.25) is 0 Å². The monoisotopic (exact) mass is 243 g/mol. The van der Waals surface area contributed by atoms with Crippen molar-refractivity contribution in [1.29, 1.82) is 0 Å². The maximum atomic E-state index is 11.9. The summed E-state index contributed by atoms with van der Waals surface area (Å²) in [6.45, 7) is 2.76. The molecule has 3 N–H and O–H groups in total. The highest BCUT2D eigenvalue weighted by Crippen LogP contribution is 2.24. The number of carboxylic acid groups (broad SMARTS) is 1. The van der Waals surface area contributed by atoms with E-state index in [9.17, 15) is 27.9 Å². The van der Waals surface area contributed by atoms with Gasteiger partial charge in [0.1, 0.15) is 0 Å². The summed E-state index contributed by atoms with van der Waals surface area (Å²) >= 11 is 0. The van der Waals surface area contributed by atoms with E-state index in [1.54, 1.807) is 0 Å². The molecule has 0 fully saturated rings. The third kappa shape index (κ3) is 2.84. The molecule has 8 heteroatoms. The summed E-state index contributed by atoms with van der Waals surface area (Å²) in [6, 6.07) is 0. The van der Waals surface area contributed by atoms with Crippen LogP contribution in [0.1, 0.15) is 20.8 Å². The van der Waals surface area contributed by atoms with Gasteiger partial charge in [-0.25, -0.2) is 4.79 Å². The van der Waals surface area contributed by atoms with Gasteiger partial charge >= 0.3 is 18.1 Å². The zero-order chi connectivity index (χ0) is 13.4. The summed E-state index contributed by atoms with van der Waals surface area (Å²) in [7, 11) is 0. The summed E-state index contributed by atoms with van der Waals surface area (Å²) in [5.41, 5.74) is -4.49. The number of amides is 1. The van der Waals surface area contributed by atoms with Gasteiger partial charge in [0.05, 0.1) is 5.60 Å². The van der Waals surface area contributed by atoms with E-state index in [2.05, 4.69) is 0 Å². The van der Waals surface area contributed by atoms with E-state index >= 15 is 0 Å². The molecule has 0 spiro atoms. The number of carbonyl (C=O) groups excluding carboxylic acids is 1. The molecule has 0 aliphatic rings. The molecule has 0 radical (unpaired) electrons. The topological polar surface area (TPSA) is 86.6 Å². The SMILES string of the molecule is CC(C)(O)C(C)(NC(=O)C(F)(F)F)C(=O)O. The van der Waals surface area contributed by atoms with Crippen LogP contribution in [0.2, 0.25) is 0 Å². The van der Waals surface area contributed by atoms with Crippen molar-refractivity contribution in [1.82, 2.24) is 5.32 Å². The van der Waals surface area contributed by atoms with Crippen molar-refractivity contribution < 1.29 is 33.0 Å². The van der Waals surface area contributed by atoms with E-state index in [0.29, 0.717) is 0 Å². The molecule has 0 rings (SSSR count). The quantitative estimate of drug-likeness (QED) is 0.664. The Hall–Kier alpha value is -1.31. The van der Waals surface area contributed by atoms with E-state index in [0.717, 1.165) is 20.8 Å². The van der Waals surface area contributed by atoms with Crippen LogP contribution in [0, 0.1) is 0 Å². The number of alkyl halides is 3. The fourth-order valence-corrected chi connectivity index (χ4v) is 0.766. The Morgan fingerprint density at radius 3 is 1.69 bits per heavy atom. The van der Waals surface area contributed by atoms with Gasteiger partial charge in [-0.15, -0.1) is 0 Å². The smallest absolute Gasteiger partial charge is 0.471 e. The first-order chi connectivity index (χ1) is 6.82. The first kappa shape index (κ1) is 14.7. The summed E-state index contributed by atoms with van der Waals surface area (Å²) in [5, 5.41) is 19.5. The van der Waals surface area contributed by atoms with Crippen LogP contribution in [-0.4, -0.2) is 39.4 Å². The largest absolute Gasteiger partial charge is 0.479 e. The van der Waals surface area contributed by atoms with Crippen LogP contribution in [0.15, 0.2) is 0 Å². The van der Waals surface area contributed by atoms with Crippen LogP contribution in [0.3, 0.4) is 0 Å². The Labute approximate surface area is 89.3 Å². The van der Waals surface area contributed by atoms with Crippen LogP contribution >= 0.6 is 0 Å². The second kappa shape index (κ2) is 3.93. The molecule has 0 aromatic carbocycles. The minimum Gasteiger partial charge on any atom is -0.479 e. The molecule has 1 unspecified atom stereocenters. The predicted octanol–water partition coefficient (Wildman–Crippen LogP) is 0.279. The standard InChI is InChI=1S/C8H12F3NO4/c1-6(2,16)7(3,5(14)15)12-4(13)8(9,10)11/h16H,1-3H3,(H,12,13)(H,14,15). The number of aliphatic carboxylic acids is 1. The summed E-state index contributed by atoms with van der Waals surface area (Å²) in [5.74, 6) is -4.18. The molecule has 0 aliphatic carbocycles. The van der Waals surface area contributed by atoms with Crippen molar-refractivity contribution in [3.8, 4) is 0 Å². The first-order valence-corrected chi connectivity index (χ1v) is 4.17. The van der Waals surface area contributed by atoms with E-state index in [1.807, 2.05) is 0 Å². The first-order valence-electron chi connectivity index (χ1n) is 4.17. The number of carbonyl (C=O) groups is 2. The van der Waals surface area contributed by atoms with Crippen molar-refractivity contribution in [2.24, 2.45) is 0 Å². The highest BCUT2D eigenvalue weighted by Gasteiger charge is 2.52. The molecule has 0 saturated heterocycles. The number of hydrogen-bond donors (Lipinski definition) is 3. The summed E-state index contributed by atoms with van der Waals surface area (Å²) in [6.07, 6.45) is -5.21. The van der Waals surface area contributed by atoms with Gasteiger partial charge in [-0.2, -0.15) is 13.2 Å². The molecule has 1 amide bonds. The fourth-order valence-electron chi connectivity index (χ4n) is 0.766. The Bertz CT molecular complexity index is 307. The lowest BCUT2D eigenvalue weighted by atomic mass is 9.84. The van der Waals surface area contributed by atoms with Gasteiger partial charge in [0, 0.05) is 0 Å². The van der Waals surface area contributed by atoms with Gasteiger partial charge < -0.3 is 15.5 Å². The summed E-state index contributed by atoms with van der Waals surface area (Å²) in [4.78, 5) is 21.4. The third-order valence-electron chi connectivity index (χ3n) is 2.27. The maximum absolute atomic E-state index is 11.9. The Morgan fingerprint density at radius 1 is 1.12 bits per heavy atom. The molecule has 0 saturated carbocycles. The third-order valence-corrected chi connectivity index (χ3v) is 2.27. The second-order valence-corrected chi connectivity index (χ2v) is 3.94. The normalized spacial score (nSPS) is 16.4. The Kier molecular flexibility index (Phi) is 3.61. The average Bonchev–Trinajstić information content (AvgIpc) is 1.99. The minimum absolute atomic E-state index is 0.791. The highest BCUT2D eigenvalue weighted by atomic mass is 19.4. The number of aliphatic hydroxyl groups is 1. The molecule has 0 bridgehead atoms. The molecule has 16 heavy (non-hydrogen) atoms. The van der Waals surface area contributed by atoms with Crippen LogP contribution in [0.4, 0.5) is 13.2 Å². The van der Waals surface area contributed by atoms with Crippen molar-refractivity contribution in [2.75, 3.05) is 0 Å². The number of halogens is 3. The van der Waals surface area contributed by atoms with Gasteiger partial charge in [-0.3, -0.25) is 4.79 Å². The molecule has 0 heterocycles. The lowest BCUT2D eigenvalue weighted by Gasteiger charge is -2.37. The van der Waals surface area contributed by atoms with Crippen LogP contribution in [0.5, 0.6) is 0 Å². The zero-order valence-corrected chi connectivity index (χ0v) is 8.84. The lowest BCUT2D eigenvalue weighted by molar-refractivity contribution is -0.182. The summed E-state index contributed by atoms with van der Waals surface area (Å²) < 4.78 is 35.8. The van der Waals surface area contributed by atoms with Crippen molar-refractivity contribution >= 4 is 11.9 Å². The molecular weight excluding hydrogens is 231 g/mol. The minimum atomic E-state index is -5.21. The number of rotatable bonds is 3. The van der Waals surface area contributed by atoms with E-state index in [-0.39, 0.29) is 0 Å². The fraction of sp³-hybridized carbons (Fsp3) is 0.750. The van der Waals surface area contributed by atoms with Crippen molar-refractivity contribution in [3.05, 3.63) is 0 Å².